The number of anilines is 1. The van der Waals surface area contributed by atoms with Crippen LogP contribution in [0, 0.1) is 0 Å². The summed E-state index contributed by atoms with van der Waals surface area (Å²) in [6.07, 6.45) is 9.35. The maximum absolute atomic E-state index is 13.5. The van der Waals surface area contributed by atoms with Gasteiger partial charge in [-0.15, -0.1) is 11.3 Å². The molecule has 1 aromatic heterocycles. The standard InChI is InChI=1S/C29H33BrN2O3S/c1-3-16-35-27-23(30)17-20(18-24(27)34-4-2)19-31-29-26(28(33)32-21-12-8-7-9-13-21)22-14-10-5-6-11-15-25(22)36-29/h7-9,12-13,17-19H,3-6,10-11,14-16H2,1-2H3,(H,32,33). The SMILES string of the molecule is CCCOc1c(Br)cc(C=Nc2sc3c(c2C(=O)Nc2ccccc2)CCCCCC3)cc1OCC. The van der Waals surface area contributed by atoms with Gasteiger partial charge in [0.15, 0.2) is 11.5 Å². The number of carbonyl (C=O) groups excluding carboxylic acids is 1. The Hall–Kier alpha value is -2.64. The Balaban J connectivity index is 1.69. The number of fused-ring (bicyclic) bond motifs is 1. The van der Waals surface area contributed by atoms with Gasteiger partial charge in [0, 0.05) is 16.8 Å². The predicted octanol–water partition coefficient (Wildman–Crippen LogP) is 8.36. The van der Waals surface area contributed by atoms with E-state index in [1.54, 1.807) is 11.3 Å². The quantitative estimate of drug-likeness (QED) is 0.264. The van der Waals surface area contributed by atoms with Crippen molar-refractivity contribution in [3.63, 3.8) is 0 Å². The Kier molecular flexibility index (Phi) is 9.59. The van der Waals surface area contributed by atoms with E-state index in [2.05, 4.69) is 28.2 Å². The molecule has 0 unspecified atom stereocenters. The van der Waals surface area contributed by atoms with Gasteiger partial charge in [-0.2, -0.15) is 0 Å². The molecular weight excluding hydrogens is 536 g/mol. The predicted molar refractivity (Wildman–Crippen MR) is 153 cm³/mol. The number of carbonyl (C=O) groups is 1. The van der Waals surface area contributed by atoms with Gasteiger partial charge in [-0.05, 0) is 90.4 Å². The lowest BCUT2D eigenvalue weighted by Crippen LogP contribution is -2.14. The second-order valence-corrected chi connectivity index (χ2v) is 10.7. The fourth-order valence-corrected chi connectivity index (χ4v) is 6.15. The van der Waals surface area contributed by atoms with E-state index >= 15 is 0 Å². The molecule has 0 atom stereocenters. The molecule has 0 bridgehead atoms. The normalized spacial score (nSPS) is 13.6. The van der Waals surface area contributed by atoms with Gasteiger partial charge >= 0.3 is 0 Å². The van der Waals surface area contributed by atoms with Crippen LogP contribution in [0.1, 0.15) is 72.3 Å². The van der Waals surface area contributed by atoms with Crippen LogP contribution >= 0.6 is 27.3 Å². The van der Waals surface area contributed by atoms with Crippen molar-refractivity contribution in [1.82, 2.24) is 0 Å². The Bertz CT molecular complexity index is 1210. The molecule has 4 rings (SSSR count). The number of aryl methyl sites for hydroxylation is 1. The molecule has 2 aromatic carbocycles. The third-order valence-corrected chi connectivity index (χ3v) is 7.81. The molecule has 7 heteroatoms. The van der Waals surface area contributed by atoms with Gasteiger partial charge < -0.3 is 14.8 Å². The zero-order valence-corrected chi connectivity index (χ0v) is 23.3. The average Bonchev–Trinajstić information content (AvgIpc) is 3.19. The minimum Gasteiger partial charge on any atom is -0.490 e. The molecule has 1 heterocycles. The summed E-state index contributed by atoms with van der Waals surface area (Å²) in [6, 6.07) is 13.5. The number of nitrogens with one attached hydrogen (secondary N) is 1. The lowest BCUT2D eigenvalue weighted by Gasteiger charge is -2.14. The average molecular weight is 570 g/mol. The summed E-state index contributed by atoms with van der Waals surface area (Å²) >= 11 is 5.28. The Morgan fingerprint density at radius 3 is 2.61 bits per heavy atom. The zero-order chi connectivity index (χ0) is 25.3. The summed E-state index contributed by atoms with van der Waals surface area (Å²) < 4.78 is 12.6. The smallest absolute Gasteiger partial charge is 0.259 e. The van der Waals surface area contributed by atoms with Crippen molar-refractivity contribution in [3.8, 4) is 11.5 Å². The lowest BCUT2D eigenvalue weighted by molar-refractivity contribution is 0.102. The minimum absolute atomic E-state index is 0.0917. The molecule has 0 radical (unpaired) electrons. The monoisotopic (exact) mass is 568 g/mol. The van der Waals surface area contributed by atoms with Crippen molar-refractivity contribution in [2.24, 2.45) is 4.99 Å². The van der Waals surface area contributed by atoms with E-state index in [-0.39, 0.29) is 5.91 Å². The van der Waals surface area contributed by atoms with Crippen LogP contribution in [-0.2, 0) is 12.8 Å². The molecule has 5 nitrogen and oxygen atoms in total. The van der Waals surface area contributed by atoms with E-state index in [0.717, 1.165) is 52.8 Å². The zero-order valence-electron chi connectivity index (χ0n) is 20.9. The molecule has 1 aliphatic rings. The van der Waals surface area contributed by atoms with E-state index in [1.165, 1.54) is 23.3 Å². The number of benzene rings is 2. The highest BCUT2D eigenvalue weighted by Gasteiger charge is 2.24. The molecule has 0 spiro atoms. The van der Waals surface area contributed by atoms with Gasteiger partial charge in [0.2, 0.25) is 0 Å². The van der Waals surface area contributed by atoms with Crippen molar-refractivity contribution in [3.05, 3.63) is 68.5 Å². The van der Waals surface area contributed by atoms with Crippen molar-refractivity contribution in [2.45, 2.75) is 58.8 Å². The van der Waals surface area contributed by atoms with E-state index < -0.39 is 0 Å². The van der Waals surface area contributed by atoms with Crippen LogP contribution in [0.3, 0.4) is 0 Å². The fraction of sp³-hybridized carbons (Fsp3) is 0.379. The van der Waals surface area contributed by atoms with Gasteiger partial charge in [0.1, 0.15) is 5.00 Å². The summed E-state index contributed by atoms with van der Waals surface area (Å²) in [5.41, 5.74) is 3.55. The highest BCUT2D eigenvalue weighted by atomic mass is 79.9. The molecule has 190 valence electrons. The van der Waals surface area contributed by atoms with Crippen LogP contribution in [0.15, 0.2) is 51.9 Å². The first kappa shape index (κ1) is 26.4. The van der Waals surface area contributed by atoms with Crippen molar-refractivity contribution in [1.29, 1.82) is 0 Å². The molecular formula is C29H33BrN2O3S. The topological polar surface area (TPSA) is 59.9 Å². The van der Waals surface area contributed by atoms with Crippen LogP contribution in [0.2, 0.25) is 0 Å². The third-order valence-electron chi connectivity index (χ3n) is 6.02. The minimum atomic E-state index is -0.0917. The number of hydrogen-bond acceptors (Lipinski definition) is 5. The van der Waals surface area contributed by atoms with Gasteiger partial charge in [0.25, 0.3) is 5.91 Å². The molecule has 1 N–H and O–H groups in total. The molecule has 36 heavy (non-hydrogen) atoms. The highest BCUT2D eigenvalue weighted by molar-refractivity contribution is 9.10. The molecule has 1 aliphatic carbocycles. The molecule has 3 aromatic rings. The summed E-state index contributed by atoms with van der Waals surface area (Å²) in [5.74, 6) is 1.30. The number of thiophene rings is 1. The summed E-state index contributed by atoms with van der Waals surface area (Å²) in [4.78, 5) is 19.6. The van der Waals surface area contributed by atoms with E-state index in [9.17, 15) is 4.79 Å². The molecule has 0 saturated heterocycles. The van der Waals surface area contributed by atoms with E-state index in [1.807, 2.05) is 55.6 Å². The van der Waals surface area contributed by atoms with Crippen molar-refractivity contribution < 1.29 is 14.3 Å². The van der Waals surface area contributed by atoms with Gasteiger partial charge in [-0.3, -0.25) is 4.79 Å². The van der Waals surface area contributed by atoms with Crippen LogP contribution in [0.4, 0.5) is 10.7 Å². The fourth-order valence-electron chi connectivity index (χ4n) is 4.35. The Labute approximate surface area is 226 Å². The van der Waals surface area contributed by atoms with E-state index in [0.29, 0.717) is 30.3 Å². The summed E-state index contributed by atoms with van der Waals surface area (Å²) in [5, 5.41) is 3.84. The van der Waals surface area contributed by atoms with Crippen molar-refractivity contribution in [2.75, 3.05) is 18.5 Å². The van der Waals surface area contributed by atoms with E-state index in [4.69, 9.17) is 14.5 Å². The number of nitrogens with zero attached hydrogens (tertiary/aromatic N) is 1. The first-order valence-electron chi connectivity index (χ1n) is 12.7. The van der Waals surface area contributed by atoms with Gasteiger partial charge in [-0.25, -0.2) is 4.99 Å². The maximum Gasteiger partial charge on any atom is 0.259 e. The van der Waals surface area contributed by atoms with Crippen LogP contribution in [-0.4, -0.2) is 25.3 Å². The molecule has 0 fully saturated rings. The number of ether oxygens (including phenoxy) is 2. The largest absolute Gasteiger partial charge is 0.490 e. The number of halogens is 1. The Morgan fingerprint density at radius 2 is 1.86 bits per heavy atom. The molecule has 1 amide bonds. The first-order chi connectivity index (χ1) is 17.6. The van der Waals surface area contributed by atoms with Crippen LogP contribution in [0.5, 0.6) is 11.5 Å². The number of rotatable bonds is 9. The maximum atomic E-state index is 13.5. The number of para-hydroxylation sites is 1. The number of hydrogen-bond donors (Lipinski definition) is 1. The first-order valence-corrected chi connectivity index (χ1v) is 14.4. The molecule has 0 aliphatic heterocycles. The van der Waals surface area contributed by atoms with Gasteiger partial charge in [0.05, 0.1) is 23.2 Å². The summed E-state index contributed by atoms with van der Waals surface area (Å²) in [7, 11) is 0. The second kappa shape index (κ2) is 13.1. The highest BCUT2D eigenvalue weighted by Crippen LogP contribution is 2.40. The second-order valence-electron chi connectivity index (χ2n) is 8.79. The number of aliphatic imine (C=N–C) groups is 1. The third kappa shape index (κ3) is 6.56. The van der Waals surface area contributed by atoms with Crippen LogP contribution < -0.4 is 14.8 Å². The lowest BCUT2D eigenvalue weighted by atomic mass is 9.96. The summed E-state index contributed by atoms with van der Waals surface area (Å²) in [6.45, 7) is 5.19. The van der Waals surface area contributed by atoms with Crippen molar-refractivity contribution >= 4 is 50.1 Å². The Morgan fingerprint density at radius 1 is 1.08 bits per heavy atom. The number of amides is 1. The van der Waals surface area contributed by atoms with Crippen LogP contribution in [0.25, 0.3) is 0 Å². The molecule has 0 saturated carbocycles. The van der Waals surface area contributed by atoms with Gasteiger partial charge in [-0.1, -0.05) is 38.0 Å².